The second kappa shape index (κ2) is 11.9. The molecular formula is C24H28ClN5O4S. The SMILES string of the molecule is CCN(CC)C(=O)COc1cccc(Nc2ncc(Cl)c(Nc3ccccc3CS(C)(=O)=O)n2)c1. The number of amides is 1. The fraction of sp³-hybridized carbons (Fsp3) is 0.292. The van der Waals surface area contributed by atoms with Gasteiger partial charge in [-0.05, 0) is 37.6 Å². The lowest BCUT2D eigenvalue weighted by molar-refractivity contribution is -0.132. The zero-order chi connectivity index (χ0) is 25.4. The normalized spacial score (nSPS) is 11.1. The molecule has 0 aliphatic carbocycles. The maximum atomic E-state index is 12.2. The van der Waals surface area contributed by atoms with Gasteiger partial charge >= 0.3 is 0 Å². The predicted molar refractivity (Wildman–Crippen MR) is 138 cm³/mol. The Hall–Kier alpha value is -3.37. The number of likely N-dealkylation sites (N-methyl/N-ethyl adjacent to an activating group) is 1. The molecular weight excluding hydrogens is 490 g/mol. The maximum Gasteiger partial charge on any atom is 0.260 e. The third-order valence-corrected chi connectivity index (χ3v) is 6.11. The molecule has 0 unspecified atom stereocenters. The largest absolute Gasteiger partial charge is 0.484 e. The van der Waals surface area contributed by atoms with Crippen LogP contribution in [0.15, 0.2) is 54.7 Å². The number of ether oxygens (including phenoxy) is 1. The fourth-order valence-electron chi connectivity index (χ4n) is 3.30. The van der Waals surface area contributed by atoms with E-state index in [0.29, 0.717) is 41.6 Å². The van der Waals surface area contributed by atoms with Crippen LogP contribution in [0.3, 0.4) is 0 Å². The van der Waals surface area contributed by atoms with Gasteiger partial charge in [-0.2, -0.15) is 4.98 Å². The molecule has 9 nitrogen and oxygen atoms in total. The van der Waals surface area contributed by atoms with E-state index in [4.69, 9.17) is 16.3 Å². The van der Waals surface area contributed by atoms with E-state index in [-0.39, 0.29) is 29.2 Å². The first-order valence-corrected chi connectivity index (χ1v) is 13.4. The van der Waals surface area contributed by atoms with Crippen LogP contribution in [0.2, 0.25) is 5.02 Å². The monoisotopic (exact) mass is 517 g/mol. The Morgan fingerprint density at radius 2 is 1.83 bits per heavy atom. The highest BCUT2D eigenvalue weighted by Gasteiger charge is 2.13. The second-order valence-electron chi connectivity index (χ2n) is 7.75. The minimum Gasteiger partial charge on any atom is -0.484 e. The summed E-state index contributed by atoms with van der Waals surface area (Å²) in [5, 5.41) is 6.47. The summed E-state index contributed by atoms with van der Waals surface area (Å²) >= 11 is 6.29. The van der Waals surface area contributed by atoms with Crippen LogP contribution in [0.1, 0.15) is 19.4 Å². The average Bonchev–Trinajstić information content (AvgIpc) is 2.81. The van der Waals surface area contributed by atoms with E-state index < -0.39 is 9.84 Å². The van der Waals surface area contributed by atoms with Crippen molar-refractivity contribution in [3.63, 3.8) is 0 Å². The molecule has 3 rings (SSSR count). The molecule has 0 atom stereocenters. The van der Waals surface area contributed by atoms with Gasteiger partial charge in [-0.15, -0.1) is 0 Å². The summed E-state index contributed by atoms with van der Waals surface area (Å²) in [4.78, 5) is 22.5. The van der Waals surface area contributed by atoms with Gasteiger partial charge in [0.1, 0.15) is 10.8 Å². The minimum atomic E-state index is -3.23. The number of nitrogens with zero attached hydrogens (tertiary/aromatic N) is 3. The van der Waals surface area contributed by atoms with Crippen LogP contribution in [-0.4, -0.2) is 55.1 Å². The van der Waals surface area contributed by atoms with Crippen LogP contribution in [0, 0.1) is 0 Å². The van der Waals surface area contributed by atoms with Gasteiger partial charge in [0.15, 0.2) is 22.3 Å². The number of carbonyl (C=O) groups is 1. The number of carbonyl (C=O) groups excluding carboxylic acids is 1. The molecule has 3 aromatic rings. The Bertz CT molecular complexity index is 1280. The number of anilines is 4. The summed E-state index contributed by atoms with van der Waals surface area (Å²) in [6.07, 6.45) is 2.63. The number of sulfone groups is 1. The molecule has 186 valence electrons. The van der Waals surface area contributed by atoms with Gasteiger partial charge in [0.25, 0.3) is 5.91 Å². The van der Waals surface area contributed by atoms with Gasteiger partial charge in [0, 0.05) is 36.8 Å². The van der Waals surface area contributed by atoms with Crippen molar-refractivity contribution >= 4 is 50.5 Å². The summed E-state index contributed by atoms with van der Waals surface area (Å²) in [6.45, 7) is 5.05. The molecule has 0 saturated carbocycles. The number of hydrogen-bond donors (Lipinski definition) is 2. The van der Waals surface area contributed by atoms with Gasteiger partial charge in [-0.25, -0.2) is 13.4 Å². The third-order valence-electron chi connectivity index (χ3n) is 5.00. The van der Waals surface area contributed by atoms with Crippen molar-refractivity contribution in [3.05, 3.63) is 65.3 Å². The summed E-state index contributed by atoms with van der Waals surface area (Å²) in [6, 6.07) is 14.1. The summed E-state index contributed by atoms with van der Waals surface area (Å²) in [5.41, 5.74) is 1.84. The van der Waals surface area contributed by atoms with Crippen LogP contribution in [0.25, 0.3) is 0 Å². The molecule has 0 fully saturated rings. The van der Waals surface area contributed by atoms with Crippen molar-refractivity contribution in [2.75, 3.05) is 36.6 Å². The number of hydrogen-bond acceptors (Lipinski definition) is 8. The van der Waals surface area contributed by atoms with Crippen LogP contribution in [-0.2, 0) is 20.4 Å². The Balaban J connectivity index is 1.74. The molecule has 0 radical (unpaired) electrons. The highest BCUT2D eigenvalue weighted by atomic mass is 35.5. The van der Waals surface area contributed by atoms with E-state index in [2.05, 4.69) is 20.6 Å². The molecule has 2 N–H and O–H groups in total. The minimum absolute atomic E-state index is 0.0520. The lowest BCUT2D eigenvalue weighted by Gasteiger charge is -2.18. The quantitative estimate of drug-likeness (QED) is 0.384. The van der Waals surface area contributed by atoms with E-state index in [1.165, 1.54) is 12.5 Å². The average molecular weight is 518 g/mol. The first-order valence-electron chi connectivity index (χ1n) is 11.0. The van der Waals surface area contributed by atoms with E-state index in [0.717, 1.165) is 0 Å². The number of para-hydroxylation sites is 1. The van der Waals surface area contributed by atoms with Gasteiger partial charge < -0.3 is 20.3 Å². The van der Waals surface area contributed by atoms with Crippen molar-refractivity contribution in [2.24, 2.45) is 0 Å². The Morgan fingerprint density at radius 1 is 1.09 bits per heavy atom. The zero-order valence-corrected chi connectivity index (χ0v) is 21.4. The molecule has 2 aromatic carbocycles. The summed E-state index contributed by atoms with van der Waals surface area (Å²) < 4.78 is 29.2. The topological polar surface area (TPSA) is 114 Å². The fourth-order valence-corrected chi connectivity index (χ4v) is 4.25. The lowest BCUT2D eigenvalue weighted by Crippen LogP contribution is -2.34. The number of rotatable bonds is 11. The molecule has 0 saturated heterocycles. The van der Waals surface area contributed by atoms with Crippen molar-refractivity contribution in [2.45, 2.75) is 19.6 Å². The third kappa shape index (κ3) is 7.83. The smallest absolute Gasteiger partial charge is 0.260 e. The van der Waals surface area contributed by atoms with Crippen molar-refractivity contribution in [1.82, 2.24) is 14.9 Å². The molecule has 11 heteroatoms. The molecule has 35 heavy (non-hydrogen) atoms. The number of aromatic nitrogens is 2. The van der Waals surface area contributed by atoms with Gasteiger partial charge in [-0.1, -0.05) is 35.9 Å². The van der Waals surface area contributed by atoms with E-state index >= 15 is 0 Å². The van der Waals surface area contributed by atoms with E-state index in [1.54, 1.807) is 47.4 Å². The van der Waals surface area contributed by atoms with Gasteiger partial charge in [0.05, 0.1) is 11.9 Å². The van der Waals surface area contributed by atoms with Gasteiger partial charge in [0.2, 0.25) is 5.95 Å². The standard InChI is InChI=1S/C24H28ClN5O4S/c1-4-30(5-2)22(31)15-34-19-11-8-10-18(13-19)27-24-26-14-20(25)23(29-24)28-21-12-7-6-9-17(21)16-35(3,32)33/h6-14H,4-5,15-16H2,1-3H3,(H2,26,27,28,29). The maximum absolute atomic E-state index is 12.2. The van der Waals surface area contributed by atoms with Crippen LogP contribution in [0.5, 0.6) is 5.75 Å². The Kier molecular flexibility index (Phi) is 8.89. The molecule has 0 bridgehead atoms. The second-order valence-corrected chi connectivity index (χ2v) is 10.3. The van der Waals surface area contributed by atoms with Crippen LogP contribution in [0.4, 0.5) is 23.1 Å². The van der Waals surface area contributed by atoms with Crippen molar-refractivity contribution in [1.29, 1.82) is 0 Å². The van der Waals surface area contributed by atoms with Crippen molar-refractivity contribution in [3.8, 4) is 5.75 Å². The van der Waals surface area contributed by atoms with E-state index in [9.17, 15) is 13.2 Å². The first-order chi connectivity index (χ1) is 16.7. The van der Waals surface area contributed by atoms with Crippen molar-refractivity contribution < 1.29 is 17.9 Å². The summed E-state index contributed by atoms with van der Waals surface area (Å²) in [7, 11) is -3.23. The molecule has 1 aromatic heterocycles. The lowest BCUT2D eigenvalue weighted by atomic mass is 10.2. The highest BCUT2D eigenvalue weighted by Crippen LogP contribution is 2.28. The Morgan fingerprint density at radius 3 is 2.54 bits per heavy atom. The first kappa shape index (κ1) is 26.2. The van der Waals surface area contributed by atoms with Gasteiger partial charge in [-0.3, -0.25) is 4.79 Å². The molecule has 0 spiro atoms. The predicted octanol–water partition coefficient (Wildman–Crippen LogP) is 4.41. The van der Waals surface area contributed by atoms with Crippen LogP contribution < -0.4 is 15.4 Å². The Labute approximate surface area is 210 Å². The molecule has 0 aliphatic heterocycles. The summed E-state index contributed by atoms with van der Waals surface area (Å²) in [5.74, 6) is 0.920. The number of benzene rings is 2. The molecule has 1 amide bonds. The number of nitrogens with one attached hydrogen (secondary N) is 2. The van der Waals surface area contributed by atoms with Crippen LogP contribution >= 0.6 is 11.6 Å². The molecule has 1 heterocycles. The highest BCUT2D eigenvalue weighted by molar-refractivity contribution is 7.89. The zero-order valence-electron chi connectivity index (χ0n) is 19.8. The molecule has 0 aliphatic rings. The van der Waals surface area contributed by atoms with E-state index in [1.807, 2.05) is 19.9 Å². The number of halogens is 1.